The maximum Gasteiger partial charge on any atom is 0.270 e. The molecule has 2 aromatic rings. The van der Waals surface area contributed by atoms with Crippen molar-refractivity contribution in [2.75, 3.05) is 6.54 Å². The number of nitrogens with zero attached hydrogens (tertiary/aromatic N) is 2. The summed E-state index contributed by atoms with van der Waals surface area (Å²) >= 11 is 0. The molecule has 0 atom stereocenters. The van der Waals surface area contributed by atoms with Gasteiger partial charge in [0, 0.05) is 36.5 Å². The van der Waals surface area contributed by atoms with E-state index in [4.69, 9.17) is 0 Å². The van der Waals surface area contributed by atoms with Crippen LogP contribution in [0, 0.1) is 18.8 Å². The van der Waals surface area contributed by atoms with Gasteiger partial charge in [-0.1, -0.05) is 24.0 Å². The van der Waals surface area contributed by atoms with Crippen molar-refractivity contribution < 1.29 is 4.79 Å². The summed E-state index contributed by atoms with van der Waals surface area (Å²) in [4.78, 5) is 14.4. The highest BCUT2D eigenvalue weighted by Crippen LogP contribution is 2.18. The first-order valence-corrected chi connectivity index (χ1v) is 7.64. The number of amides is 1. The lowest BCUT2D eigenvalue weighted by atomic mass is 10.1. The lowest BCUT2D eigenvalue weighted by molar-refractivity contribution is 0.0649. The van der Waals surface area contributed by atoms with E-state index in [1.54, 1.807) is 0 Å². The number of aryl methyl sites for hydroxylation is 1. The molecule has 2 heterocycles. The van der Waals surface area contributed by atoms with Gasteiger partial charge in [0.25, 0.3) is 5.91 Å². The lowest BCUT2D eigenvalue weighted by Crippen LogP contribution is -2.43. The number of carbonyl (C=O) groups is 1. The second-order valence-electron chi connectivity index (χ2n) is 6.02. The van der Waals surface area contributed by atoms with Gasteiger partial charge < -0.3 is 9.47 Å². The second kappa shape index (κ2) is 5.73. The minimum absolute atomic E-state index is 0.102. The number of hydrogen-bond acceptors (Lipinski definition) is 1. The zero-order chi connectivity index (χ0) is 15.7. The minimum atomic E-state index is 0.102. The highest BCUT2D eigenvalue weighted by atomic mass is 16.2. The van der Waals surface area contributed by atoms with Crippen molar-refractivity contribution in [3.8, 4) is 11.8 Å². The van der Waals surface area contributed by atoms with Crippen LogP contribution in [0.1, 0.15) is 41.0 Å². The molecular formula is C19H20N2O. The number of hydrogen-bond donors (Lipinski definition) is 0. The first-order chi connectivity index (χ1) is 10.5. The highest BCUT2D eigenvalue weighted by molar-refractivity contribution is 5.94. The molecule has 3 rings (SSSR count). The van der Waals surface area contributed by atoms with E-state index >= 15 is 0 Å². The lowest BCUT2D eigenvalue weighted by Gasteiger charge is -2.31. The van der Waals surface area contributed by atoms with E-state index in [1.807, 2.05) is 33.9 Å². The molecule has 1 aliphatic rings. The Bertz CT molecular complexity index is 774. The fourth-order valence-electron chi connectivity index (χ4n) is 2.77. The fourth-order valence-corrected chi connectivity index (χ4v) is 2.77. The van der Waals surface area contributed by atoms with Gasteiger partial charge in [0.15, 0.2) is 0 Å². The van der Waals surface area contributed by atoms with Crippen LogP contribution in [0.25, 0.3) is 0 Å². The van der Waals surface area contributed by atoms with Crippen LogP contribution >= 0.6 is 0 Å². The molecule has 0 saturated carbocycles. The number of carbonyl (C=O) groups excluding carboxylic acids is 1. The van der Waals surface area contributed by atoms with E-state index in [0.29, 0.717) is 0 Å². The van der Waals surface area contributed by atoms with Crippen molar-refractivity contribution in [3.63, 3.8) is 0 Å². The summed E-state index contributed by atoms with van der Waals surface area (Å²) in [6.45, 7) is 7.76. The van der Waals surface area contributed by atoms with Crippen LogP contribution in [0.5, 0.6) is 0 Å². The molecule has 0 bridgehead atoms. The molecule has 0 fully saturated rings. The molecule has 1 aromatic carbocycles. The highest BCUT2D eigenvalue weighted by Gasteiger charge is 2.26. The molecule has 1 aromatic heterocycles. The molecular weight excluding hydrogens is 272 g/mol. The van der Waals surface area contributed by atoms with Crippen LogP contribution in [0.15, 0.2) is 36.5 Å². The zero-order valence-electron chi connectivity index (χ0n) is 13.3. The molecule has 3 heteroatoms. The summed E-state index contributed by atoms with van der Waals surface area (Å²) in [6, 6.07) is 10.3. The summed E-state index contributed by atoms with van der Waals surface area (Å²) in [7, 11) is 0. The number of aromatic nitrogens is 1. The first-order valence-electron chi connectivity index (χ1n) is 7.64. The predicted octanol–water partition coefficient (Wildman–Crippen LogP) is 3.06. The van der Waals surface area contributed by atoms with E-state index in [9.17, 15) is 4.79 Å². The largest absolute Gasteiger partial charge is 0.340 e. The summed E-state index contributed by atoms with van der Waals surface area (Å²) in [5.41, 5.74) is 3.84. The quantitative estimate of drug-likeness (QED) is 0.742. The van der Waals surface area contributed by atoms with Gasteiger partial charge in [-0.2, -0.15) is 0 Å². The summed E-state index contributed by atoms with van der Waals surface area (Å²) in [5.74, 6) is 6.44. The molecule has 112 valence electrons. The molecule has 0 N–H and O–H groups in total. The van der Waals surface area contributed by atoms with E-state index < -0.39 is 0 Å². The van der Waals surface area contributed by atoms with E-state index in [1.165, 1.54) is 5.56 Å². The minimum Gasteiger partial charge on any atom is -0.340 e. The van der Waals surface area contributed by atoms with Crippen LogP contribution in [-0.4, -0.2) is 28.0 Å². The van der Waals surface area contributed by atoms with Crippen LogP contribution in [-0.2, 0) is 6.54 Å². The van der Waals surface area contributed by atoms with Crippen molar-refractivity contribution in [2.45, 2.75) is 33.4 Å². The fraction of sp³-hybridized carbons (Fsp3) is 0.316. The monoisotopic (exact) mass is 292 g/mol. The van der Waals surface area contributed by atoms with Gasteiger partial charge in [-0.25, -0.2) is 0 Å². The molecule has 0 unspecified atom stereocenters. The topological polar surface area (TPSA) is 25.2 Å². The molecule has 22 heavy (non-hydrogen) atoms. The Morgan fingerprint density at radius 2 is 1.86 bits per heavy atom. The summed E-state index contributed by atoms with van der Waals surface area (Å²) in [6.07, 6.45) is 1.98. The predicted molar refractivity (Wildman–Crippen MR) is 87.8 cm³/mol. The first kappa shape index (κ1) is 14.5. The maximum atomic E-state index is 12.4. The number of rotatable bonds is 1. The third-order valence-corrected chi connectivity index (χ3v) is 3.95. The number of fused-ring (bicyclic) bond motifs is 1. The van der Waals surface area contributed by atoms with E-state index in [0.717, 1.165) is 29.9 Å². The SMILES string of the molecule is Cc1cccc(C#Cc2cc3n(c2)CCN(C(C)C)C3=O)c1. The van der Waals surface area contributed by atoms with Crippen molar-refractivity contribution in [1.82, 2.24) is 9.47 Å². The van der Waals surface area contributed by atoms with Crippen LogP contribution in [0.4, 0.5) is 0 Å². The van der Waals surface area contributed by atoms with E-state index in [-0.39, 0.29) is 11.9 Å². The van der Waals surface area contributed by atoms with Gasteiger partial charge in [0.2, 0.25) is 0 Å². The Morgan fingerprint density at radius 3 is 2.59 bits per heavy atom. The van der Waals surface area contributed by atoms with Gasteiger partial charge in [0.1, 0.15) is 5.69 Å². The third-order valence-electron chi connectivity index (χ3n) is 3.95. The molecule has 3 nitrogen and oxygen atoms in total. The maximum absolute atomic E-state index is 12.4. The van der Waals surface area contributed by atoms with Crippen LogP contribution in [0.3, 0.4) is 0 Å². The molecule has 0 radical (unpaired) electrons. The molecule has 1 aliphatic heterocycles. The summed E-state index contributed by atoms with van der Waals surface area (Å²) in [5, 5.41) is 0. The Kier molecular flexibility index (Phi) is 3.77. The van der Waals surface area contributed by atoms with Crippen molar-refractivity contribution >= 4 is 5.91 Å². The van der Waals surface area contributed by atoms with E-state index in [2.05, 4.69) is 44.7 Å². The average Bonchev–Trinajstić information content (AvgIpc) is 2.89. The van der Waals surface area contributed by atoms with Gasteiger partial charge in [-0.15, -0.1) is 0 Å². The molecule has 0 saturated heterocycles. The Morgan fingerprint density at radius 1 is 1.09 bits per heavy atom. The van der Waals surface area contributed by atoms with Gasteiger partial charge >= 0.3 is 0 Å². The third kappa shape index (κ3) is 2.78. The molecule has 0 aliphatic carbocycles. The molecule has 0 spiro atoms. The van der Waals surface area contributed by atoms with Gasteiger partial charge in [-0.3, -0.25) is 4.79 Å². The van der Waals surface area contributed by atoms with Gasteiger partial charge in [-0.05, 0) is 44.5 Å². The zero-order valence-corrected chi connectivity index (χ0v) is 13.3. The average molecular weight is 292 g/mol. The Labute approximate surface area is 131 Å². The van der Waals surface area contributed by atoms with Crippen molar-refractivity contribution in [1.29, 1.82) is 0 Å². The van der Waals surface area contributed by atoms with Crippen LogP contribution in [0.2, 0.25) is 0 Å². The second-order valence-corrected chi connectivity index (χ2v) is 6.02. The standard InChI is InChI=1S/C19H20N2O/c1-14(2)21-10-9-20-13-17(12-18(20)19(21)22)8-7-16-6-4-5-15(3)11-16/h4-6,11-14H,9-10H2,1-3H3. The Balaban J connectivity index is 1.88. The Hall–Kier alpha value is -2.47. The van der Waals surface area contributed by atoms with Crippen molar-refractivity contribution in [2.24, 2.45) is 0 Å². The smallest absolute Gasteiger partial charge is 0.270 e. The van der Waals surface area contributed by atoms with Gasteiger partial charge in [0.05, 0.1) is 0 Å². The normalized spacial score (nSPS) is 13.8. The van der Waals surface area contributed by atoms with Crippen molar-refractivity contribution in [3.05, 3.63) is 58.9 Å². The van der Waals surface area contributed by atoms with Crippen LogP contribution < -0.4 is 0 Å². The summed E-state index contributed by atoms with van der Waals surface area (Å²) < 4.78 is 2.02. The molecule has 1 amide bonds. The number of benzene rings is 1.